The number of aliphatic hydroxyl groups excluding tert-OH is 1. The number of rotatable bonds is 5. The summed E-state index contributed by atoms with van der Waals surface area (Å²) in [5.74, 6) is 0. The highest BCUT2D eigenvalue weighted by Crippen LogP contribution is 2.24. The molecule has 118 valence electrons. The molecule has 0 bridgehead atoms. The molecule has 0 heterocycles. The second-order valence-corrected chi connectivity index (χ2v) is 5.86. The van der Waals surface area contributed by atoms with Crippen LogP contribution in [-0.2, 0) is 9.47 Å². The van der Waals surface area contributed by atoms with E-state index in [0.717, 1.165) is 0 Å². The van der Waals surface area contributed by atoms with Gasteiger partial charge in [0.1, 0.15) is 5.60 Å². The molecule has 1 amide bonds. The van der Waals surface area contributed by atoms with Gasteiger partial charge in [-0.2, -0.15) is 0 Å². The molecule has 0 aliphatic heterocycles. The number of alkyl carbamates (subject to hydrolysis) is 1. The summed E-state index contributed by atoms with van der Waals surface area (Å²) in [7, 11) is 0. The van der Waals surface area contributed by atoms with Crippen LogP contribution in [0.4, 0.5) is 10.5 Å². The van der Waals surface area contributed by atoms with Crippen LogP contribution in [0, 0.1) is 0 Å². The number of nitrogens with one attached hydrogen (secondary N) is 1. The van der Waals surface area contributed by atoms with Gasteiger partial charge < -0.3 is 25.6 Å². The fraction of sp³-hybridized carbons (Fsp3) is 0.500. The van der Waals surface area contributed by atoms with Crippen molar-refractivity contribution in [2.75, 3.05) is 18.9 Å². The summed E-state index contributed by atoms with van der Waals surface area (Å²) in [6, 6.07) is 4.74. The molecule has 0 fully saturated rings. The van der Waals surface area contributed by atoms with Gasteiger partial charge in [0.05, 0.1) is 6.61 Å². The second-order valence-electron chi connectivity index (χ2n) is 5.43. The topological polar surface area (TPSA) is 93.8 Å². The molecule has 1 aromatic carbocycles. The minimum Gasteiger partial charge on any atom is -0.444 e. The Balaban J connectivity index is 2.36. The van der Waals surface area contributed by atoms with Crippen molar-refractivity contribution in [1.29, 1.82) is 0 Å². The number of hydrogen-bond donors (Lipinski definition) is 3. The molecule has 0 aliphatic carbocycles. The van der Waals surface area contributed by atoms with Crippen LogP contribution in [0.3, 0.4) is 0 Å². The van der Waals surface area contributed by atoms with Crippen molar-refractivity contribution in [2.45, 2.75) is 32.7 Å². The van der Waals surface area contributed by atoms with Crippen molar-refractivity contribution in [2.24, 2.45) is 0 Å². The molecule has 1 atom stereocenters. The third-order valence-electron chi connectivity index (χ3n) is 2.36. The number of aliphatic hydroxyl groups is 1. The Morgan fingerprint density at radius 2 is 2.14 bits per heavy atom. The number of nitrogen functional groups attached to an aromatic ring is 1. The van der Waals surface area contributed by atoms with E-state index in [9.17, 15) is 9.90 Å². The highest BCUT2D eigenvalue weighted by Gasteiger charge is 2.16. The number of ether oxygens (including phenoxy) is 2. The lowest BCUT2D eigenvalue weighted by Crippen LogP contribution is -2.34. The zero-order valence-corrected chi connectivity index (χ0v) is 13.1. The summed E-state index contributed by atoms with van der Waals surface area (Å²) in [4.78, 5) is 11.4. The molecule has 7 heteroatoms. The Morgan fingerprint density at radius 3 is 2.76 bits per heavy atom. The van der Waals surface area contributed by atoms with E-state index in [-0.39, 0.29) is 13.2 Å². The number of halogens is 1. The molecule has 1 unspecified atom stereocenters. The molecule has 6 nitrogen and oxygen atoms in total. The molecule has 4 N–H and O–H groups in total. The van der Waals surface area contributed by atoms with Gasteiger partial charge in [-0.1, -0.05) is 11.6 Å². The molecule has 0 saturated heterocycles. The van der Waals surface area contributed by atoms with Crippen molar-refractivity contribution in [3.63, 3.8) is 0 Å². The van der Waals surface area contributed by atoms with Gasteiger partial charge in [-0.3, -0.25) is 0 Å². The number of nitrogens with two attached hydrogens (primary N) is 1. The Morgan fingerprint density at radius 1 is 1.48 bits per heavy atom. The lowest BCUT2D eigenvalue weighted by atomic mass is 10.2. The number of carbonyl (C=O) groups excluding carboxylic acids is 1. The van der Waals surface area contributed by atoms with Crippen LogP contribution in [0.5, 0.6) is 0 Å². The summed E-state index contributed by atoms with van der Waals surface area (Å²) in [6.45, 7) is 5.62. The Kier molecular flexibility index (Phi) is 6.26. The molecule has 0 spiro atoms. The first kappa shape index (κ1) is 17.6. The average Bonchev–Trinajstić information content (AvgIpc) is 2.35. The van der Waals surface area contributed by atoms with Crippen molar-refractivity contribution in [1.82, 2.24) is 5.32 Å². The van der Waals surface area contributed by atoms with Crippen LogP contribution in [-0.4, -0.2) is 30.0 Å². The number of hydrogen-bond acceptors (Lipinski definition) is 5. The van der Waals surface area contributed by atoms with E-state index in [1.807, 2.05) is 0 Å². The summed E-state index contributed by atoms with van der Waals surface area (Å²) < 4.78 is 10.2. The number of carbonyl (C=O) groups is 1. The SMILES string of the molecule is CC(C)(C)OC(=O)NCCOC(O)c1cc(Cl)ccc1N. The third kappa shape index (κ3) is 6.66. The lowest BCUT2D eigenvalue weighted by Gasteiger charge is -2.20. The Hall–Kier alpha value is -1.50. The van der Waals surface area contributed by atoms with Crippen molar-refractivity contribution < 1.29 is 19.4 Å². The normalized spacial score (nSPS) is 12.8. The van der Waals surface area contributed by atoms with Crippen molar-refractivity contribution in [3.05, 3.63) is 28.8 Å². The number of anilines is 1. The summed E-state index contributed by atoms with van der Waals surface area (Å²) >= 11 is 5.83. The first-order chi connectivity index (χ1) is 9.69. The minimum absolute atomic E-state index is 0.104. The smallest absolute Gasteiger partial charge is 0.407 e. The lowest BCUT2D eigenvalue weighted by molar-refractivity contribution is -0.101. The summed E-state index contributed by atoms with van der Waals surface area (Å²) in [5, 5.41) is 12.8. The third-order valence-corrected chi connectivity index (χ3v) is 2.60. The molecule has 0 aliphatic rings. The molecular formula is C14H21ClN2O4. The Bertz CT molecular complexity index is 488. The van der Waals surface area contributed by atoms with E-state index in [0.29, 0.717) is 16.3 Å². The van der Waals surface area contributed by atoms with Gasteiger partial charge in [0.15, 0.2) is 6.29 Å². The zero-order chi connectivity index (χ0) is 16.0. The highest BCUT2D eigenvalue weighted by atomic mass is 35.5. The van der Waals surface area contributed by atoms with Gasteiger partial charge in [0, 0.05) is 22.8 Å². The van der Waals surface area contributed by atoms with Crippen LogP contribution < -0.4 is 11.1 Å². The first-order valence-electron chi connectivity index (χ1n) is 6.50. The molecule has 0 aromatic heterocycles. The molecule has 1 rings (SSSR count). The van der Waals surface area contributed by atoms with Crippen LogP contribution >= 0.6 is 11.6 Å². The van der Waals surface area contributed by atoms with Crippen LogP contribution in [0.1, 0.15) is 32.6 Å². The molecule has 0 radical (unpaired) electrons. The predicted molar refractivity (Wildman–Crippen MR) is 81.0 cm³/mol. The van der Waals surface area contributed by atoms with Crippen LogP contribution in [0.2, 0.25) is 5.02 Å². The Labute approximate surface area is 129 Å². The monoisotopic (exact) mass is 316 g/mol. The van der Waals surface area contributed by atoms with E-state index in [4.69, 9.17) is 26.8 Å². The van der Waals surface area contributed by atoms with Crippen molar-refractivity contribution in [3.8, 4) is 0 Å². The quantitative estimate of drug-likeness (QED) is 0.441. The fourth-order valence-corrected chi connectivity index (χ4v) is 1.67. The molecule has 0 saturated carbocycles. The summed E-state index contributed by atoms with van der Waals surface area (Å²) in [5.41, 5.74) is 5.94. The minimum atomic E-state index is -1.20. The summed E-state index contributed by atoms with van der Waals surface area (Å²) in [6.07, 6.45) is -1.74. The second kappa shape index (κ2) is 7.49. The number of benzene rings is 1. The predicted octanol–water partition coefficient (Wildman–Crippen LogP) is 2.45. The molecular weight excluding hydrogens is 296 g/mol. The van der Waals surface area contributed by atoms with Gasteiger partial charge in [-0.05, 0) is 39.0 Å². The van der Waals surface area contributed by atoms with Gasteiger partial charge in [-0.15, -0.1) is 0 Å². The number of amides is 1. The van der Waals surface area contributed by atoms with Gasteiger partial charge in [0.25, 0.3) is 0 Å². The standard InChI is InChI=1S/C14H21ClN2O4/c1-14(2,3)21-13(19)17-6-7-20-12(18)10-8-9(15)4-5-11(10)16/h4-5,8,12,18H,6-7,16H2,1-3H3,(H,17,19). The zero-order valence-electron chi connectivity index (χ0n) is 12.4. The maximum Gasteiger partial charge on any atom is 0.407 e. The highest BCUT2D eigenvalue weighted by molar-refractivity contribution is 6.30. The average molecular weight is 317 g/mol. The van der Waals surface area contributed by atoms with Gasteiger partial charge >= 0.3 is 6.09 Å². The van der Waals surface area contributed by atoms with Crippen LogP contribution in [0.15, 0.2) is 18.2 Å². The van der Waals surface area contributed by atoms with E-state index in [1.165, 1.54) is 6.07 Å². The fourth-order valence-electron chi connectivity index (χ4n) is 1.49. The van der Waals surface area contributed by atoms with E-state index < -0.39 is 18.0 Å². The van der Waals surface area contributed by atoms with E-state index in [1.54, 1.807) is 32.9 Å². The van der Waals surface area contributed by atoms with Crippen LogP contribution in [0.25, 0.3) is 0 Å². The van der Waals surface area contributed by atoms with Gasteiger partial charge in [0.2, 0.25) is 0 Å². The van der Waals surface area contributed by atoms with Crippen molar-refractivity contribution >= 4 is 23.4 Å². The van der Waals surface area contributed by atoms with E-state index in [2.05, 4.69) is 5.32 Å². The molecule has 1 aromatic rings. The molecule has 21 heavy (non-hydrogen) atoms. The van der Waals surface area contributed by atoms with Gasteiger partial charge in [-0.25, -0.2) is 4.79 Å². The van der Waals surface area contributed by atoms with E-state index >= 15 is 0 Å². The maximum absolute atomic E-state index is 11.4. The first-order valence-corrected chi connectivity index (χ1v) is 6.88. The largest absolute Gasteiger partial charge is 0.444 e. The maximum atomic E-state index is 11.4.